The summed E-state index contributed by atoms with van der Waals surface area (Å²) in [5, 5.41) is 12.5. The zero-order valence-corrected chi connectivity index (χ0v) is 72.6. The number of aliphatic hydroxyl groups excluding tert-OH is 1. The molecule has 2 amide bonds. The standard InChI is InChI=1S/C25H34FNO3.C25H35NO3.C20H26FNO.C12H10FNO4S2.C4H8O2.C2H5Cl.C2H6O/c1-17-9-8-14-25(5,6)20(17)13-12-18-10-7-11-19(15-18)22(28)21(26)16-27-23(29)30-24(2,3)4;1-18-9-8-15-25(5,6)21(18)13-12-19-10-7-11-20(17-19)22(27)14-16-26-23(28)29-24(2,3)4;1-14-6-5-11-20(2,3)17(14)10-9-15-7-4-8-16(12-15)19(23)18(21)13-22;13-14(19(15,16)11-7-3-1-4-8-11)20(17,18)12-9-5-2-6-10-12;1-3-6-4(2)5;2*1-2-3/h7,10-13,15,21H,8-9,14,16H2,1-6H3,(H,27,29);7,10-13,17H,8-9,14-16H2,1-6H3,(H,26,28);4,7-10,12,18H,5-6,11,13,22H2,1-3H3;1-10H;3H2,1-2H3;2H2,1H3;3H,2H2,1H3/b2*13-12+;10-9+;;;;. The Bertz CT molecular complexity index is 4300. The fourth-order valence-corrected chi connectivity index (χ4v) is 15.3. The van der Waals surface area contributed by atoms with E-state index in [0.29, 0.717) is 17.7 Å². The van der Waals surface area contributed by atoms with Crippen LogP contribution in [0.5, 0.6) is 0 Å². The number of ether oxygens (including phenoxy) is 3. The lowest BCUT2D eigenvalue weighted by molar-refractivity contribution is -0.140. The normalized spacial score (nSPS) is 15.7. The first-order valence-corrected chi connectivity index (χ1v) is 42.0. The Hall–Kier alpha value is -8.58. The fraction of sp³-hybridized carbons (Fsp3) is 0.467. The Morgan fingerprint density at radius 3 is 1.18 bits per heavy atom. The van der Waals surface area contributed by atoms with Gasteiger partial charge in [0.2, 0.25) is 0 Å². The lowest BCUT2D eigenvalue weighted by Crippen LogP contribution is -2.38. The van der Waals surface area contributed by atoms with Gasteiger partial charge in [-0.15, -0.1) is 16.1 Å². The number of Topliss-reactive ketones (excluding diaryl/α,β-unsaturated/α-hetero) is 3. The van der Waals surface area contributed by atoms with Crippen molar-refractivity contribution in [2.75, 3.05) is 38.7 Å². The van der Waals surface area contributed by atoms with E-state index in [-0.39, 0.29) is 59.7 Å². The molecule has 0 saturated heterocycles. The molecule has 3 aliphatic rings. The van der Waals surface area contributed by atoms with Gasteiger partial charge in [-0.25, -0.2) is 35.2 Å². The number of ketones is 3. The minimum Gasteiger partial charge on any atom is -0.466 e. The summed E-state index contributed by atoms with van der Waals surface area (Å²) in [4.78, 5) is 69.1. The van der Waals surface area contributed by atoms with Gasteiger partial charge in [-0.05, 0) is 226 Å². The van der Waals surface area contributed by atoms with Gasteiger partial charge in [-0.1, -0.05) is 193 Å². The molecule has 0 fully saturated rings. The largest absolute Gasteiger partial charge is 0.466 e. The first kappa shape index (κ1) is 101. The molecule has 8 rings (SSSR count). The van der Waals surface area contributed by atoms with Crippen LogP contribution in [0.4, 0.5) is 22.9 Å². The number of esters is 1. The van der Waals surface area contributed by atoms with Crippen molar-refractivity contribution in [1.82, 2.24) is 14.6 Å². The second kappa shape index (κ2) is 48.7. The van der Waals surface area contributed by atoms with Crippen molar-refractivity contribution in [2.45, 2.75) is 229 Å². The number of carbonyl (C=O) groups excluding carboxylic acids is 6. The molecule has 0 bridgehead atoms. The number of aliphatic hydroxyl groups is 1. The summed E-state index contributed by atoms with van der Waals surface area (Å²) in [6.45, 7) is 37.8. The van der Waals surface area contributed by atoms with Crippen LogP contribution in [0, 0.1) is 16.2 Å². The quantitative estimate of drug-likeness (QED) is 0.0165. The third-order valence-electron chi connectivity index (χ3n) is 17.9. The van der Waals surface area contributed by atoms with Crippen molar-refractivity contribution in [3.05, 3.63) is 219 Å². The molecule has 5 N–H and O–H groups in total. The Kier molecular flexibility index (Phi) is 43.4. The Morgan fingerprint density at radius 2 is 0.868 bits per heavy atom. The van der Waals surface area contributed by atoms with Gasteiger partial charge in [0.25, 0.3) is 20.0 Å². The molecule has 18 nitrogen and oxygen atoms in total. The number of hydrogen-bond donors (Lipinski definition) is 4. The van der Waals surface area contributed by atoms with Gasteiger partial charge in [0.15, 0.2) is 29.7 Å². The topological polar surface area (TPSA) is 272 Å². The number of nitrogens with zero attached hydrogens (tertiary/aromatic N) is 1. The van der Waals surface area contributed by atoms with E-state index >= 15 is 0 Å². The number of nitrogens with two attached hydrogens (primary N) is 1. The zero-order chi connectivity index (χ0) is 86.4. The van der Waals surface area contributed by atoms with Crippen LogP contribution >= 0.6 is 11.6 Å². The predicted molar refractivity (Wildman–Crippen MR) is 454 cm³/mol. The Morgan fingerprint density at radius 1 is 0.544 bits per heavy atom. The number of nitrogens with one attached hydrogen (secondary N) is 2. The third-order valence-corrected chi connectivity index (χ3v) is 21.6. The lowest BCUT2D eigenvalue weighted by Gasteiger charge is -2.32. The average molecular weight is 1640 g/mol. The van der Waals surface area contributed by atoms with Gasteiger partial charge in [-0.2, -0.15) is 0 Å². The summed E-state index contributed by atoms with van der Waals surface area (Å²) in [7, 11) is -9.53. The van der Waals surface area contributed by atoms with Crippen molar-refractivity contribution in [3.8, 4) is 0 Å². The lowest BCUT2D eigenvalue weighted by atomic mass is 9.72. The highest BCUT2D eigenvalue weighted by Crippen LogP contribution is 2.43. The molecule has 0 radical (unpaired) electrons. The predicted octanol–water partition coefficient (Wildman–Crippen LogP) is 21.1. The van der Waals surface area contributed by atoms with Gasteiger partial charge in [-0.3, -0.25) is 19.2 Å². The van der Waals surface area contributed by atoms with E-state index in [4.69, 9.17) is 31.9 Å². The summed E-state index contributed by atoms with van der Waals surface area (Å²) >= 11 is 5.00. The number of amides is 2. The zero-order valence-electron chi connectivity index (χ0n) is 70.2. The molecule has 628 valence electrons. The highest BCUT2D eigenvalue weighted by molar-refractivity contribution is 8.03. The number of hydrogen-bond acceptors (Lipinski definition) is 15. The first-order chi connectivity index (χ1) is 53.2. The van der Waals surface area contributed by atoms with Crippen molar-refractivity contribution in [2.24, 2.45) is 22.0 Å². The maximum Gasteiger partial charge on any atom is 0.407 e. The van der Waals surface area contributed by atoms with Crippen molar-refractivity contribution in [1.29, 1.82) is 0 Å². The Balaban J connectivity index is 0.000000495. The van der Waals surface area contributed by atoms with E-state index in [0.717, 1.165) is 72.5 Å². The fourth-order valence-electron chi connectivity index (χ4n) is 12.4. The van der Waals surface area contributed by atoms with Crippen molar-refractivity contribution >= 4 is 85.4 Å². The van der Waals surface area contributed by atoms with Crippen LogP contribution in [-0.2, 0) is 39.1 Å². The second-order valence-corrected chi connectivity index (χ2v) is 35.6. The van der Waals surface area contributed by atoms with E-state index < -0.39 is 87.6 Å². The van der Waals surface area contributed by atoms with Gasteiger partial charge >= 0.3 is 18.2 Å². The summed E-state index contributed by atoms with van der Waals surface area (Å²) < 4.78 is 103. The van der Waals surface area contributed by atoms with E-state index in [9.17, 15) is 58.9 Å². The van der Waals surface area contributed by atoms with Crippen LogP contribution < -0.4 is 16.4 Å². The molecule has 0 heterocycles. The first-order valence-electron chi connectivity index (χ1n) is 38.5. The second-order valence-electron chi connectivity index (χ2n) is 31.4. The van der Waals surface area contributed by atoms with Crippen LogP contribution in [0.1, 0.15) is 244 Å². The number of halogens is 4. The van der Waals surface area contributed by atoms with E-state index in [1.165, 1.54) is 109 Å². The number of benzene rings is 5. The van der Waals surface area contributed by atoms with Crippen LogP contribution in [0.2, 0.25) is 0 Å². The summed E-state index contributed by atoms with van der Waals surface area (Å²) in [5.41, 5.74) is 17.0. The van der Waals surface area contributed by atoms with E-state index in [1.54, 1.807) is 71.0 Å². The molecule has 0 saturated carbocycles. The maximum atomic E-state index is 14.4. The summed E-state index contributed by atoms with van der Waals surface area (Å²) in [6.07, 6.45) is 18.7. The number of alkyl carbamates (subject to hydrolysis) is 2. The molecule has 0 aliphatic heterocycles. The molecule has 3 aliphatic carbocycles. The maximum absolute atomic E-state index is 14.4. The SMILES string of the molecule is CC1=C(/C=C/c2cccc(C(=O)C(F)CN)c2)C(C)(C)CCC1.CC1=C(/C=C/c2cccc(C(=O)C(F)CNC(=O)OC(C)(C)C)c2)C(C)(C)CCC1.CC1=C(/C=C/c2cccc(C(=O)CCNC(=O)OC(C)(C)C)c2)C(C)(C)CCC1.CCCl.CCO.CCOC(C)=O.O=S(=O)(c1ccccc1)N(F)S(=O)(=O)c1ccccc1. The monoisotopic (exact) mass is 1640 g/mol. The number of sulfonamides is 2. The molecule has 5 aromatic rings. The third kappa shape index (κ3) is 36.1. The van der Waals surface area contributed by atoms with Gasteiger partial charge in [0.05, 0.1) is 26.9 Å². The van der Waals surface area contributed by atoms with Crippen LogP contribution in [0.15, 0.2) is 195 Å². The van der Waals surface area contributed by atoms with Crippen LogP contribution in [0.3, 0.4) is 0 Å². The molecule has 2 atom stereocenters. The molecule has 0 aromatic heterocycles. The molecule has 2 unspecified atom stereocenters. The average Bonchev–Trinajstić information content (AvgIpc) is 0.775. The van der Waals surface area contributed by atoms with Gasteiger partial charge < -0.3 is 35.7 Å². The minimum atomic E-state index is -4.77. The molecular weight excluding hydrogens is 1520 g/mol. The molecule has 0 spiro atoms. The van der Waals surface area contributed by atoms with Gasteiger partial charge in [0, 0.05) is 55.6 Å². The smallest absolute Gasteiger partial charge is 0.407 e. The number of allylic oxidation sites excluding steroid dienone is 9. The van der Waals surface area contributed by atoms with Gasteiger partial charge in [0.1, 0.15) is 11.2 Å². The molecule has 24 heteroatoms. The van der Waals surface area contributed by atoms with Crippen LogP contribution in [-0.4, -0.2) is 124 Å². The Labute approximate surface area is 682 Å². The van der Waals surface area contributed by atoms with Crippen molar-refractivity contribution in [3.63, 3.8) is 0 Å². The van der Waals surface area contributed by atoms with E-state index in [2.05, 4.69) is 102 Å². The number of carbonyl (C=O) groups is 6. The number of rotatable bonds is 22. The number of alkyl halides is 3. The van der Waals surface area contributed by atoms with Crippen LogP contribution in [0.25, 0.3) is 18.2 Å². The van der Waals surface area contributed by atoms with Crippen molar-refractivity contribution < 1.29 is 78.2 Å². The van der Waals surface area contributed by atoms with E-state index in [1.807, 2.05) is 76.2 Å². The summed E-state index contributed by atoms with van der Waals surface area (Å²) in [6, 6.07) is 34.6. The minimum absolute atomic E-state index is 0.00435. The highest BCUT2D eigenvalue weighted by Gasteiger charge is 2.38. The molecular formula is C90H124ClF3N4O14S2. The summed E-state index contributed by atoms with van der Waals surface area (Å²) in [5.74, 6) is -0.687. The molecule has 5 aromatic carbocycles. The molecule has 114 heavy (non-hydrogen) atoms. The highest BCUT2D eigenvalue weighted by atomic mass is 35.5.